The van der Waals surface area contributed by atoms with E-state index in [4.69, 9.17) is 5.11 Å². The smallest absolute Gasteiger partial charge is 0.310 e. The summed E-state index contributed by atoms with van der Waals surface area (Å²) < 4.78 is 4.46. The van der Waals surface area contributed by atoms with Crippen molar-refractivity contribution in [3.63, 3.8) is 0 Å². The van der Waals surface area contributed by atoms with Crippen LogP contribution in [-0.2, 0) is 9.53 Å². The molecule has 0 aromatic carbocycles. The lowest BCUT2D eigenvalue weighted by Crippen LogP contribution is -1.96. The van der Waals surface area contributed by atoms with Gasteiger partial charge in [0.05, 0.1) is 0 Å². The number of carbonyl (C=O) groups excluding carboxylic acids is 1. The van der Waals surface area contributed by atoms with Gasteiger partial charge in [0.1, 0.15) is 0 Å². The molecule has 1 N–H and O–H groups in total. The van der Waals surface area contributed by atoms with E-state index in [1.165, 1.54) is 57.9 Å². The number of esters is 1. The summed E-state index contributed by atoms with van der Waals surface area (Å²) in [7, 11) is 0. The van der Waals surface area contributed by atoms with Crippen molar-refractivity contribution >= 4 is 5.97 Å². The summed E-state index contributed by atoms with van der Waals surface area (Å²) in [6.45, 7) is 3.48. The molecule has 0 saturated carbocycles. The fourth-order valence-electron chi connectivity index (χ4n) is 1.65. The number of unbranched alkanes of at least 4 members (excludes halogenated alkanes) is 7. The molecule has 3 heteroatoms. The van der Waals surface area contributed by atoms with Crippen LogP contribution in [0.25, 0.3) is 0 Å². The summed E-state index contributed by atoms with van der Waals surface area (Å²) in [6, 6.07) is 0. The third-order valence-electron chi connectivity index (χ3n) is 2.60. The number of hydrogen-bond donors (Lipinski definition) is 1. The lowest BCUT2D eigenvalue weighted by Gasteiger charge is -1.98. The van der Waals surface area contributed by atoms with Crippen LogP contribution < -0.4 is 0 Å². The maximum absolute atomic E-state index is 10.5. The molecule has 0 atom stereocenters. The first kappa shape index (κ1) is 16.8. The van der Waals surface area contributed by atoms with E-state index in [0.717, 1.165) is 6.42 Å². The van der Waals surface area contributed by atoms with Gasteiger partial charge in [-0.25, -0.2) is 0 Å². The van der Waals surface area contributed by atoms with E-state index in [2.05, 4.69) is 11.7 Å². The van der Waals surface area contributed by atoms with Crippen LogP contribution in [0.3, 0.4) is 0 Å². The third kappa shape index (κ3) is 12.8. The maximum atomic E-state index is 10.5. The highest BCUT2D eigenvalue weighted by Crippen LogP contribution is 2.08. The maximum Gasteiger partial charge on any atom is 0.310 e. The van der Waals surface area contributed by atoms with Gasteiger partial charge in [-0.3, -0.25) is 4.79 Å². The SMILES string of the molecule is CCCCCCCCC/C=C/C=C(\O)OC(C)=O. The number of ether oxygens (including phenoxy) is 1. The third-order valence-corrected chi connectivity index (χ3v) is 2.60. The lowest BCUT2D eigenvalue weighted by atomic mass is 10.1. The number of rotatable bonds is 10. The number of hydrogen-bond acceptors (Lipinski definition) is 3. The Balaban J connectivity index is 3.40. The van der Waals surface area contributed by atoms with Crippen LogP contribution in [0.4, 0.5) is 0 Å². The zero-order valence-electron chi connectivity index (χ0n) is 11.7. The van der Waals surface area contributed by atoms with Gasteiger partial charge in [0.2, 0.25) is 0 Å². The van der Waals surface area contributed by atoms with E-state index >= 15 is 0 Å². The standard InChI is InChI=1S/C15H26O3/c1-3-4-5-6-7-8-9-10-11-12-13-15(17)18-14(2)16/h11-13,17H,3-10H2,1-2H3/b12-11+,15-13+. The summed E-state index contributed by atoms with van der Waals surface area (Å²) in [5, 5.41) is 9.11. The van der Waals surface area contributed by atoms with E-state index in [-0.39, 0.29) is 5.95 Å². The van der Waals surface area contributed by atoms with Crippen LogP contribution in [0.15, 0.2) is 24.2 Å². The average molecular weight is 254 g/mol. The van der Waals surface area contributed by atoms with Gasteiger partial charge < -0.3 is 9.84 Å². The van der Waals surface area contributed by atoms with Crippen molar-refractivity contribution in [1.82, 2.24) is 0 Å². The van der Waals surface area contributed by atoms with Crippen molar-refractivity contribution in [2.45, 2.75) is 65.2 Å². The molecule has 0 heterocycles. The van der Waals surface area contributed by atoms with Gasteiger partial charge in [0, 0.05) is 13.0 Å². The quantitative estimate of drug-likeness (QED) is 0.267. The highest BCUT2D eigenvalue weighted by molar-refractivity contribution is 5.66. The monoisotopic (exact) mass is 254 g/mol. The molecular weight excluding hydrogens is 228 g/mol. The molecule has 18 heavy (non-hydrogen) atoms. The predicted octanol–water partition coefficient (Wildman–Crippen LogP) is 4.65. The van der Waals surface area contributed by atoms with Crippen molar-refractivity contribution in [2.24, 2.45) is 0 Å². The van der Waals surface area contributed by atoms with Crippen molar-refractivity contribution in [2.75, 3.05) is 0 Å². The molecule has 0 aliphatic rings. The largest absolute Gasteiger partial charge is 0.481 e. The van der Waals surface area contributed by atoms with E-state index in [9.17, 15) is 4.79 Å². The summed E-state index contributed by atoms with van der Waals surface area (Å²) in [4.78, 5) is 10.5. The molecule has 0 aliphatic heterocycles. The van der Waals surface area contributed by atoms with Crippen LogP contribution in [0.5, 0.6) is 0 Å². The Hall–Kier alpha value is -1.25. The molecule has 0 unspecified atom stereocenters. The van der Waals surface area contributed by atoms with Crippen molar-refractivity contribution in [3.8, 4) is 0 Å². The van der Waals surface area contributed by atoms with Gasteiger partial charge in [-0.2, -0.15) is 0 Å². The Kier molecular flexibility index (Phi) is 11.4. The van der Waals surface area contributed by atoms with Crippen molar-refractivity contribution < 1.29 is 14.6 Å². The van der Waals surface area contributed by atoms with Crippen LogP contribution in [0, 0.1) is 0 Å². The zero-order valence-corrected chi connectivity index (χ0v) is 11.7. The van der Waals surface area contributed by atoms with E-state index in [1.807, 2.05) is 6.08 Å². The molecule has 0 fully saturated rings. The van der Waals surface area contributed by atoms with Crippen LogP contribution in [0.1, 0.15) is 65.2 Å². The fourth-order valence-corrected chi connectivity index (χ4v) is 1.65. The minimum atomic E-state index is -0.510. The van der Waals surface area contributed by atoms with Gasteiger partial charge >= 0.3 is 5.97 Å². The predicted molar refractivity (Wildman–Crippen MR) is 74.2 cm³/mol. The van der Waals surface area contributed by atoms with Gasteiger partial charge in [-0.1, -0.05) is 57.6 Å². The molecular formula is C15H26O3. The minimum absolute atomic E-state index is 0.349. The van der Waals surface area contributed by atoms with E-state index < -0.39 is 5.97 Å². The first-order valence-corrected chi connectivity index (χ1v) is 6.91. The van der Waals surface area contributed by atoms with Crippen LogP contribution >= 0.6 is 0 Å². The molecule has 0 spiro atoms. The Morgan fingerprint density at radius 3 is 2.33 bits per heavy atom. The van der Waals surface area contributed by atoms with Gasteiger partial charge in [0.25, 0.3) is 5.95 Å². The van der Waals surface area contributed by atoms with Gasteiger partial charge in [-0.05, 0) is 12.8 Å². The number of allylic oxidation sites excluding steroid dienone is 3. The molecule has 0 aromatic heterocycles. The molecule has 0 rings (SSSR count). The summed E-state index contributed by atoms with van der Waals surface area (Å²) in [6.07, 6.45) is 15.2. The number of aliphatic hydroxyl groups excluding tert-OH is 1. The van der Waals surface area contributed by atoms with Crippen LogP contribution in [0.2, 0.25) is 0 Å². The normalized spacial score (nSPS) is 12.0. The molecule has 104 valence electrons. The Morgan fingerprint density at radius 1 is 1.11 bits per heavy atom. The Morgan fingerprint density at radius 2 is 1.72 bits per heavy atom. The summed E-state index contributed by atoms with van der Waals surface area (Å²) in [5.41, 5.74) is 0. The Labute approximate surface area is 111 Å². The first-order chi connectivity index (χ1) is 8.66. The minimum Gasteiger partial charge on any atom is -0.481 e. The molecule has 3 nitrogen and oxygen atoms in total. The van der Waals surface area contributed by atoms with E-state index in [0.29, 0.717) is 0 Å². The second-order valence-electron chi connectivity index (χ2n) is 4.44. The Bertz CT molecular complexity index is 267. The van der Waals surface area contributed by atoms with Gasteiger partial charge in [-0.15, -0.1) is 0 Å². The first-order valence-electron chi connectivity index (χ1n) is 6.91. The second kappa shape index (κ2) is 12.2. The second-order valence-corrected chi connectivity index (χ2v) is 4.44. The summed E-state index contributed by atoms with van der Waals surface area (Å²) >= 11 is 0. The molecule has 0 radical (unpaired) electrons. The number of carbonyl (C=O) groups is 1. The van der Waals surface area contributed by atoms with Crippen LogP contribution in [-0.4, -0.2) is 11.1 Å². The van der Waals surface area contributed by atoms with Crippen molar-refractivity contribution in [1.29, 1.82) is 0 Å². The fraction of sp³-hybridized carbons (Fsp3) is 0.667. The lowest BCUT2D eigenvalue weighted by molar-refractivity contribution is -0.140. The highest BCUT2D eigenvalue weighted by Gasteiger charge is 1.95. The van der Waals surface area contributed by atoms with Gasteiger partial charge in [0.15, 0.2) is 0 Å². The number of aliphatic hydroxyl groups is 1. The van der Waals surface area contributed by atoms with Crippen molar-refractivity contribution in [3.05, 3.63) is 24.2 Å². The molecule has 0 bridgehead atoms. The molecule has 0 aliphatic carbocycles. The summed E-state index contributed by atoms with van der Waals surface area (Å²) in [5.74, 6) is -0.859. The zero-order chi connectivity index (χ0) is 13.6. The molecule has 0 aromatic rings. The molecule has 0 amide bonds. The topological polar surface area (TPSA) is 46.5 Å². The highest BCUT2D eigenvalue weighted by atomic mass is 16.6. The molecule has 0 saturated heterocycles. The average Bonchev–Trinajstić information content (AvgIpc) is 2.30. The van der Waals surface area contributed by atoms with E-state index in [1.54, 1.807) is 6.08 Å².